The predicted octanol–water partition coefficient (Wildman–Crippen LogP) is 16.1. The van der Waals surface area contributed by atoms with Gasteiger partial charge in [0.1, 0.15) is 13.2 Å². The Bertz CT molecular complexity index is 984. The molecule has 1 atom stereocenters. The van der Waals surface area contributed by atoms with Crippen LogP contribution in [0.1, 0.15) is 258 Å². The van der Waals surface area contributed by atoms with E-state index in [1.807, 2.05) is 6.08 Å². The summed E-state index contributed by atoms with van der Waals surface area (Å²) < 4.78 is 16.7. The molecule has 0 aliphatic carbocycles. The minimum atomic E-state index is -0.803. The zero-order valence-corrected chi connectivity index (χ0v) is 38.6. The molecular weight excluding hydrogens is 721 g/mol. The van der Waals surface area contributed by atoms with Gasteiger partial charge in [-0.2, -0.15) is 0 Å². The molecule has 0 N–H and O–H groups in total. The smallest absolute Gasteiger partial charge is 0.306 e. The van der Waals surface area contributed by atoms with Gasteiger partial charge in [-0.3, -0.25) is 14.4 Å². The fraction of sp³-hybridized carbons (Fsp3) is 0.827. The number of unbranched alkanes of at least 4 members (excludes halogenated alkanes) is 28. The second-order valence-corrected chi connectivity index (χ2v) is 16.7. The first-order chi connectivity index (χ1) is 28.5. The second-order valence-electron chi connectivity index (χ2n) is 16.7. The van der Waals surface area contributed by atoms with Gasteiger partial charge in [0, 0.05) is 19.3 Å². The van der Waals surface area contributed by atoms with Crippen LogP contribution in [-0.4, -0.2) is 37.2 Å². The van der Waals surface area contributed by atoms with E-state index in [1.165, 1.54) is 148 Å². The van der Waals surface area contributed by atoms with Crippen molar-refractivity contribution in [2.75, 3.05) is 13.2 Å². The molecule has 0 radical (unpaired) electrons. The third kappa shape index (κ3) is 44.7. The van der Waals surface area contributed by atoms with Crippen LogP contribution in [0.25, 0.3) is 0 Å². The number of hydrogen-bond donors (Lipinski definition) is 0. The van der Waals surface area contributed by atoms with Gasteiger partial charge in [-0.05, 0) is 64.2 Å². The van der Waals surface area contributed by atoms with E-state index in [2.05, 4.69) is 51.2 Å². The molecule has 0 bridgehead atoms. The SMILES string of the molecule is CCCCCCCC/C=C/C/C=C/CCC(=O)OC(COC(=O)CCCCC/C=C/CCCCCCCC)COC(=O)CCCCCCCCCCCCCCCC. The third-order valence-electron chi connectivity index (χ3n) is 10.9. The van der Waals surface area contributed by atoms with E-state index < -0.39 is 6.10 Å². The monoisotopic (exact) mass is 815 g/mol. The standard InChI is InChI=1S/C52H94O6/c1-4-7-10-13-16-19-22-25-28-30-33-36-39-42-45-51(54)57-48-49(58-52(55)46-43-40-37-34-31-27-24-21-18-15-12-9-6-3)47-56-50(53)44-41-38-35-32-29-26-23-20-17-14-11-8-5-2/h26-27,29,31,37,40,49H,4-25,28,30,32-36,38-39,41-48H2,1-3H3/b29-26+,31-27+,40-37+. The topological polar surface area (TPSA) is 78.9 Å². The van der Waals surface area contributed by atoms with Gasteiger partial charge in [0.25, 0.3) is 0 Å². The highest BCUT2D eigenvalue weighted by atomic mass is 16.6. The first-order valence-corrected chi connectivity index (χ1v) is 25.0. The van der Waals surface area contributed by atoms with Crippen LogP contribution in [0, 0.1) is 0 Å². The number of esters is 3. The Hall–Kier alpha value is -2.37. The lowest BCUT2D eigenvalue weighted by Gasteiger charge is -2.18. The van der Waals surface area contributed by atoms with Crippen molar-refractivity contribution in [1.82, 2.24) is 0 Å². The maximum Gasteiger partial charge on any atom is 0.306 e. The zero-order chi connectivity index (χ0) is 42.3. The molecule has 338 valence electrons. The Morgan fingerprint density at radius 2 is 0.655 bits per heavy atom. The Morgan fingerprint density at radius 3 is 1.05 bits per heavy atom. The Balaban J connectivity index is 4.44. The molecule has 0 aromatic heterocycles. The van der Waals surface area contributed by atoms with Gasteiger partial charge in [0.15, 0.2) is 6.10 Å². The van der Waals surface area contributed by atoms with Crippen LogP contribution in [0.3, 0.4) is 0 Å². The quantitative estimate of drug-likeness (QED) is 0.0264. The van der Waals surface area contributed by atoms with Crippen molar-refractivity contribution >= 4 is 17.9 Å². The van der Waals surface area contributed by atoms with Gasteiger partial charge < -0.3 is 14.2 Å². The Morgan fingerprint density at radius 1 is 0.345 bits per heavy atom. The molecule has 1 unspecified atom stereocenters. The highest BCUT2D eigenvalue weighted by Gasteiger charge is 2.19. The molecule has 0 saturated heterocycles. The zero-order valence-electron chi connectivity index (χ0n) is 38.6. The summed E-state index contributed by atoms with van der Waals surface area (Å²) in [6.45, 7) is 6.57. The number of ether oxygens (including phenoxy) is 3. The molecular formula is C52H94O6. The fourth-order valence-corrected chi connectivity index (χ4v) is 7.08. The van der Waals surface area contributed by atoms with Gasteiger partial charge in [-0.25, -0.2) is 0 Å². The fourth-order valence-electron chi connectivity index (χ4n) is 7.08. The molecule has 6 heteroatoms. The normalized spacial score (nSPS) is 12.3. The second kappa shape index (κ2) is 47.3. The van der Waals surface area contributed by atoms with Gasteiger partial charge in [0.05, 0.1) is 0 Å². The van der Waals surface area contributed by atoms with Gasteiger partial charge in [0.2, 0.25) is 0 Å². The van der Waals surface area contributed by atoms with Crippen molar-refractivity contribution < 1.29 is 28.6 Å². The lowest BCUT2D eigenvalue weighted by atomic mass is 10.0. The van der Waals surface area contributed by atoms with Gasteiger partial charge in [-0.15, -0.1) is 0 Å². The van der Waals surface area contributed by atoms with E-state index >= 15 is 0 Å². The summed E-state index contributed by atoms with van der Waals surface area (Å²) in [4.78, 5) is 37.8. The van der Waals surface area contributed by atoms with E-state index in [0.717, 1.165) is 64.2 Å². The van der Waals surface area contributed by atoms with Crippen molar-refractivity contribution in [2.24, 2.45) is 0 Å². The largest absolute Gasteiger partial charge is 0.462 e. The van der Waals surface area contributed by atoms with Crippen LogP contribution >= 0.6 is 0 Å². The molecule has 0 aromatic carbocycles. The average molecular weight is 815 g/mol. The summed E-state index contributed by atoms with van der Waals surface area (Å²) in [5.74, 6) is -0.974. The first kappa shape index (κ1) is 55.6. The number of allylic oxidation sites excluding steroid dienone is 6. The molecule has 0 aliphatic rings. The average Bonchev–Trinajstić information content (AvgIpc) is 3.22. The molecule has 58 heavy (non-hydrogen) atoms. The lowest BCUT2D eigenvalue weighted by molar-refractivity contribution is -0.166. The van der Waals surface area contributed by atoms with Crippen molar-refractivity contribution in [1.29, 1.82) is 0 Å². The van der Waals surface area contributed by atoms with Crippen LogP contribution in [0.2, 0.25) is 0 Å². The predicted molar refractivity (Wildman–Crippen MR) is 247 cm³/mol. The number of carbonyl (C=O) groups excluding carboxylic acids is 3. The number of carbonyl (C=O) groups is 3. The van der Waals surface area contributed by atoms with E-state index in [9.17, 15) is 14.4 Å². The maximum atomic E-state index is 12.7. The van der Waals surface area contributed by atoms with Crippen LogP contribution in [0.4, 0.5) is 0 Å². The molecule has 0 saturated carbocycles. The summed E-state index contributed by atoms with van der Waals surface area (Å²) >= 11 is 0. The molecule has 0 aromatic rings. The molecule has 0 spiro atoms. The van der Waals surface area contributed by atoms with E-state index in [1.54, 1.807) is 0 Å². The third-order valence-corrected chi connectivity index (χ3v) is 10.9. The highest BCUT2D eigenvalue weighted by molar-refractivity contribution is 5.71. The molecule has 0 fully saturated rings. The lowest BCUT2D eigenvalue weighted by Crippen LogP contribution is -2.30. The van der Waals surface area contributed by atoms with Gasteiger partial charge >= 0.3 is 17.9 Å². The molecule has 0 aliphatic heterocycles. The minimum absolute atomic E-state index is 0.0965. The first-order valence-electron chi connectivity index (χ1n) is 25.0. The van der Waals surface area contributed by atoms with Crippen molar-refractivity contribution in [3.8, 4) is 0 Å². The molecule has 0 amide bonds. The van der Waals surface area contributed by atoms with Crippen LogP contribution in [0.15, 0.2) is 36.5 Å². The van der Waals surface area contributed by atoms with Crippen LogP contribution < -0.4 is 0 Å². The highest BCUT2D eigenvalue weighted by Crippen LogP contribution is 2.15. The Kier molecular flexibility index (Phi) is 45.4. The van der Waals surface area contributed by atoms with E-state index in [0.29, 0.717) is 19.3 Å². The molecule has 6 nitrogen and oxygen atoms in total. The summed E-state index contributed by atoms with van der Waals surface area (Å²) in [5.41, 5.74) is 0. The summed E-state index contributed by atoms with van der Waals surface area (Å²) in [6.07, 6.45) is 54.2. The number of hydrogen-bond acceptors (Lipinski definition) is 6. The summed E-state index contributed by atoms with van der Waals surface area (Å²) in [6, 6.07) is 0. The number of rotatable bonds is 45. The van der Waals surface area contributed by atoms with Crippen molar-refractivity contribution in [2.45, 2.75) is 264 Å². The van der Waals surface area contributed by atoms with E-state index in [-0.39, 0.29) is 37.5 Å². The summed E-state index contributed by atoms with van der Waals surface area (Å²) in [5, 5.41) is 0. The van der Waals surface area contributed by atoms with Crippen LogP contribution in [-0.2, 0) is 28.6 Å². The van der Waals surface area contributed by atoms with Crippen molar-refractivity contribution in [3.63, 3.8) is 0 Å². The molecule has 0 rings (SSSR count). The van der Waals surface area contributed by atoms with Crippen LogP contribution in [0.5, 0.6) is 0 Å². The molecule has 0 heterocycles. The Labute approximate surface area is 359 Å². The van der Waals surface area contributed by atoms with Crippen molar-refractivity contribution in [3.05, 3.63) is 36.5 Å². The minimum Gasteiger partial charge on any atom is -0.462 e. The van der Waals surface area contributed by atoms with E-state index in [4.69, 9.17) is 14.2 Å². The van der Waals surface area contributed by atoms with Gasteiger partial charge in [-0.1, -0.05) is 211 Å². The maximum absolute atomic E-state index is 12.7. The summed E-state index contributed by atoms with van der Waals surface area (Å²) in [7, 11) is 0.